The Balaban J connectivity index is 2.57. The lowest BCUT2D eigenvalue weighted by molar-refractivity contribution is 0.0991. The third-order valence-corrected chi connectivity index (χ3v) is 4.09. The van der Waals surface area contributed by atoms with Gasteiger partial charge in [0.1, 0.15) is 11.4 Å². The number of fused-ring (bicyclic) bond motifs is 1. The Morgan fingerprint density at radius 3 is 2.52 bits per heavy atom. The van der Waals surface area contributed by atoms with E-state index in [0.29, 0.717) is 22.1 Å². The van der Waals surface area contributed by atoms with Crippen LogP contribution in [0, 0.1) is 0 Å². The van der Waals surface area contributed by atoms with Crippen molar-refractivity contribution in [2.45, 2.75) is 6.54 Å². The Labute approximate surface area is 145 Å². The summed E-state index contributed by atoms with van der Waals surface area (Å²) in [6.07, 6.45) is 1.57. The van der Waals surface area contributed by atoms with Crippen LogP contribution in [0.4, 0.5) is 0 Å². The van der Waals surface area contributed by atoms with E-state index >= 15 is 0 Å². The fourth-order valence-electron chi connectivity index (χ4n) is 3.01. The Kier molecular flexibility index (Phi) is 4.39. The Morgan fingerprint density at radius 2 is 1.92 bits per heavy atom. The molecule has 0 bridgehead atoms. The molecule has 3 aromatic rings. The first-order valence-corrected chi connectivity index (χ1v) is 7.79. The van der Waals surface area contributed by atoms with Gasteiger partial charge in [0, 0.05) is 22.9 Å². The van der Waals surface area contributed by atoms with Crippen molar-refractivity contribution in [2.24, 2.45) is 5.73 Å². The molecule has 126 valence electrons. The van der Waals surface area contributed by atoms with Crippen molar-refractivity contribution in [1.29, 1.82) is 0 Å². The van der Waals surface area contributed by atoms with Gasteiger partial charge in [0.15, 0.2) is 0 Å². The zero-order chi connectivity index (χ0) is 18.0. The number of hydrogen-bond acceptors (Lipinski definition) is 3. The molecule has 1 aromatic heterocycles. The van der Waals surface area contributed by atoms with E-state index in [1.165, 1.54) is 4.57 Å². The molecule has 5 nitrogen and oxygen atoms in total. The number of amides is 1. The number of nitrogens with zero attached hydrogens (tertiary/aromatic N) is 1. The number of pyridine rings is 1. The van der Waals surface area contributed by atoms with Gasteiger partial charge in [0.05, 0.1) is 7.11 Å². The van der Waals surface area contributed by atoms with Crippen LogP contribution in [0.1, 0.15) is 10.5 Å². The number of hydrogen-bond donors (Lipinski definition) is 1. The lowest BCUT2D eigenvalue weighted by atomic mass is 9.96. The highest BCUT2D eigenvalue weighted by Crippen LogP contribution is 2.32. The molecule has 2 aromatic carbocycles. The van der Waals surface area contributed by atoms with Gasteiger partial charge < -0.3 is 10.5 Å². The minimum Gasteiger partial charge on any atom is -0.497 e. The smallest absolute Gasteiger partial charge is 0.266 e. The predicted octanol–water partition coefficient (Wildman–Crippen LogP) is 2.96. The van der Waals surface area contributed by atoms with Crippen LogP contribution in [0.25, 0.3) is 21.9 Å². The van der Waals surface area contributed by atoms with Crippen molar-refractivity contribution in [2.75, 3.05) is 7.11 Å². The van der Waals surface area contributed by atoms with Crippen molar-refractivity contribution in [3.8, 4) is 16.9 Å². The van der Waals surface area contributed by atoms with Crippen LogP contribution in [-0.4, -0.2) is 17.6 Å². The van der Waals surface area contributed by atoms with Crippen LogP contribution in [0.5, 0.6) is 5.75 Å². The minimum atomic E-state index is -0.664. The molecule has 0 aliphatic carbocycles. The van der Waals surface area contributed by atoms with E-state index in [2.05, 4.69) is 6.58 Å². The van der Waals surface area contributed by atoms with E-state index in [-0.39, 0.29) is 17.8 Å². The molecule has 0 atom stereocenters. The second kappa shape index (κ2) is 6.65. The van der Waals surface area contributed by atoms with Gasteiger partial charge in [0.2, 0.25) is 0 Å². The molecular formula is C20H18N2O3. The lowest BCUT2D eigenvalue weighted by Gasteiger charge is -2.17. The number of ether oxygens (including phenoxy) is 1. The summed E-state index contributed by atoms with van der Waals surface area (Å²) in [5, 5.41) is 1.12. The third kappa shape index (κ3) is 2.80. The number of nitrogens with two attached hydrogens (primary N) is 1. The average Bonchev–Trinajstić information content (AvgIpc) is 2.63. The predicted molar refractivity (Wildman–Crippen MR) is 98.9 cm³/mol. The highest BCUT2D eigenvalue weighted by atomic mass is 16.5. The molecule has 3 rings (SSSR count). The van der Waals surface area contributed by atoms with Crippen LogP contribution >= 0.6 is 0 Å². The van der Waals surface area contributed by atoms with Crippen molar-refractivity contribution < 1.29 is 9.53 Å². The van der Waals surface area contributed by atoms with Crippen LogP contribution in [0.15, 0.2) is 66.0 Å². The number of benzene rings is 2. The first-order valence-electron chi connectivity index (χ1n) is 7.79. The zero-order valence-electron chi connectivity index (χ0n) is 13.9. The van der Waals surface area contributed by atoms with Gasteiger partial charge in [0.25, 0.3) is 11.5 Å². The SMILES string of the molecule is C=CCn1c(C(N)=O)c(-c2ccccc2)c2cc(OC)ccc2c1=O. The molecule has 0 saturated heterocycles. The summed E-state index contributed by atoms with van der Waals surface area (Å²) in [6, 6.07) is 14.6. The number of rotatable bonds is 5. The lowest BCUT2D eigenvalue weighted by Crippen LogP contribution is -2.30. The number of primary amides is 1. The Bertz CT molecular complexity index is 1020. The van der Waals surface area contributed by atoms with E-state index in [1.54, 1.807) is 31.4 Å². The summed E-state index contributed by atoms with van der Waals surface area (Å²) >= 11 is 0. The highest BCUT2D eigenvalue weighted by molar-refractivity contribution is 6.08. The molecule has 25 heavy (non-hydrogen) atoms. The summed E-state index contributed by atoms with van der Waals surface area (Å²) in [5.74, 6) is -0.0662. The number of carbonyl (C=O) groups excluding carboxylic acids is 1. The van der Waals surface area contributed by atoms with Crippen molar-refractivity contribution in [3.63, 3.8) is 0 Å². The molecule has 0 spiro atoms. The first-order chi connectivity index (χ1) is 12.1. The molecule has 1 amide bonds. The van der Waals surface area contributed by atoms with Crippen molar-refractivity contribution in [1.82, 2.24) is 4.57 Å². The molecule has 0 radical (unpaired) electrons. The average molecular weight is 334 g/mol. The normalized spacial score (nSPS) is 10.6. The summed E-state index contributed by atoms with van der Waals surface area (Å²) in [4.78, 5) is 25.1. The fourth-order valence-corrected chi connectivity index (χ4v) is 3.01. The van der Waals surface area contributed by atoms with Gasteiger partial charge in [-0.1, -0.05) is 36.4 Å². The van der Waals surface area contributed by atoms with Crippen LogP contribution < -0.4 is 16.0 Å². The Morgan fingerprint density at radius 1 is 1.20 bits per heavy atom. The molecule has 1 heterocycles. The highest BCUT2D eigenvalue weighted by Gasteiger charge is 2.21. The Hall–Kier alpha value is -3.34. The van der Waals surface area contributed by atoms with Gasteiger partial charge in [-0.2, -0.15) is 0 Å². The van der Waals surface area contributed by atoms with Gasteiger partial charge >= 0.3 is 0 Å². The van der Waals surface area contributed by atoms with Gasteiger partial charge in [-0.05, 0) is 23.8 Å². The van der Waals surface area contributed by atoms with Crippen molar-refractivity contribution in [3.05, 3.63) is 77.2 Å². The molecule has 0 aliphatic rings. The third-order valence-electron chi connectivity index (χ3n) is 4.09. The van der Waals surface area contributed by atoms with Crippen molar-refractivity contribution >= 4 is 16.7 Å². The maximum atomic E-state index is 12.9. The summed E-state index contributed by atoms with van der Waals surface area (Å²) in [6.45, 7) is 3.87. The van der Waals surface area contributed by atoms with E-state index < -0.39 is 5.91 Å². The molecule has 0 unspecified atom stereocenters. The maximum Gasteiger partial charge on any atom is 0.266 e. The van der Waals surface area contributed by atoms with E-state index in [9.17, 15) is 9.59 Å². The fraction of sp³-hybridized carbons (Fsp3) is 0.100. The maximum absolute atomic E-state index is 12.9. The molecule has 0 saturated carbocycles. The van der Waals surface area contributed by atoms with E-state index in [4.69, 9.17) is 10.5 Å². The zero-order valence-corrected chi connectivity index (χ0v) is 13.9. The molecule has 2 N–H and O–H groups in total. The van der Waals surface area contributed by atoms with E-state index in [0.717, 1.165) is 5.56 Å². The van der Waals surface area contributed by atoms with E-state index in [1.807, 2.05) is 30.3 Å². The largest absolute Gasteiger partial charge is 0.497 e. The standard InChI is InChI=1S/C20H18N2O3/c1-3-11-22-18(19(21)23)17(13-7-5-4-6-8-13)16-12-14(25-2)9-10-15(16)20(22)24/h3-10,12H,1,11H2,2H3,(H2,21,23). The number of aromatic nitrogens is 1. The van der Waals surface area contributed by atoms with Gasteiger partial charge in [-0.25, -0.2) is 0 Å². The first kappa shape index (κ1) is 16.5. The van der Waals surface area contributed by atoms with Gasteiger partial charge in [-0.15, -0.1) is 6.58 Å². The number of methoxy groups -OCH3 is 1. The summed E-state index contributed by atoms with van der Waals surface area (Å²) < 4.78 is 6.66. The summed E-state index contributed by atoms with van der Waals surface area (Å²) in [5.41, 5.74) is 6.94. The monoisotopic (exact) mass is 334 g/mol. The van der Waals surface area contributed by atoms with Crippen LogP contribution in [0.3, 0.4) is 0 Å². The molecule has 5 heteroatoms. The van der Waals surface area contributed by atoms with Crippen LogP contribution in [0.2, 0.25) is 0 Å². The molecular weight excluding hydrogens is 316 g/mol. The molecule has 0 aliphatic heterocycles. The number of carbonyl (C=O) groups is 1. The summed E-state index contributed by atoms with van der Waals surface area (Å²) in [7, 11) is 1.55. The quantitative estimate of drug-likeness (QED) is 0.729. The van der Waals surface area contributed by atoms with Crippen LogP contribution in [-0.2, 0) is 6.54 Å². The topological polar surface area (TPSA) is 74.3 Å². The van der Waals surface area contributed by atoms with Gasteiger partial charge in [-0.3, -0.25) is 14.2 Å². The minimum absolute atomic E-state index is 0.164. The number of allylic oxidation sites excluding steroid dienone is 1. The second-order valence-corrected chi connectivity index (χ2v) is 5.57. The second-order valence-electron chi connectivity index (χ2n) is 5.57. The molecule has 0 fully saturated rings.